The van der Waals surface area contributed by atoms with Crippen molar-refractivity contribution in [3.63, 3.8) is 0 Å². The van der Waals surface area contributed by atoms with Crippen molar-refractivity contribution in [1.82, 2.24) is 19.8 Å². The molecule has 5 rings (SSSR count). The van der Waals surface area contributed by atoms with Crippen LogP contribution in [-0.2, 0) is 17.9 Å². The van der Waals surface area contributed by atoms with Crippen molar-refractivity contribution < 1.29 is 9.90 Å². The molecule has 0 radical (unpaired) electrons. The van der Waals surface area contributed by atoms with Gasteiger partial charge in [-0.05, 0) is 68.6 Å². The van der Waals surface area contributed by atoms with Crippen LogP contribution in [0.1, 0.15) is 48.0 Å². The Balaban J connectivity index is 1.36. The van der Waals surface area contributed by atoms with Gasteiger partial charge in [0.2, 0.25) is 5.91 Å². The number of aromatic nitrogens is 2. The standard InChI is InChI=1S/C28H31ClN4O2/c1-20-30-13-10-24(31-20)19-32-14-11-28(12-15-32)17-25(26(34)22-7-3-2-4-8-22)33(27(28)35)18-21-6-5-9-23(29)16-21/h2-10,13,16,25-26,34H,11-12,14-15,17-19H2,1H3/t25-,26+/m0/s1. The quantitative estimate of drug-likeness (QED) is 0.548. The highest BCUT2D eigenvalue weighted by atomic mass is 35.5. The maximum absolute atomic E-state index is 14.0. The second kappa shape index (κ2) is 10.1. The van der Waals surface area contributed by atoms with Crippen molar-refractivity contribution in [2.75, 3.05) is 13.1 Å². The number of carbonyl (C=O) groups excluding carboxylic acids is 1. The van der Waals surface area contributed by atoms with Crippen molar-refractivity contribution in [2.45, 2.75) is 51.4 Å². The van der Waals surface area contributed by atoms with E-state index in [0.29, 0.717) is 18.0 Å². The fourth-order valence-electron chi connectivity index (χ4n) is 5.61. The van der Waals surface area contributed by atoms with Gasteiger partial charge in [0.1, 0.15) is 5.82 Å². The fraction of sp³-hybridized carbons (Fsp3) is 0.393. The van der Waals surface area contributed by atoms with Crippen molar-refractivity contribution >= 4 is 17.5 Å². The smallest absolute Gasteiger partial charge is 0.229 e. The molecule has 1 aromatic heterocycles. The zero-order chi connectivity index (χ0) is 24.4. The second-order valence-corrected chi connectivity index (χ2v) is 10.3. The summed E-state index contributed by atoms with van der Waals surface area (Å²) in [6.07, 6.45) is 3.27. The molecule has 2 atom stereocenters. The van der Waals surface area contributed by atoms with Gasteiger partial charge in [0.15, 0.2) is 0 Å². The van der Waals surface area contributed by atoms with Gasteiger partial charge in [-0.2, -0.15) is 0 Å². The molecule has 1 spiro atoms. The Labute approximate surface area is 211 Å². The predicted molar refractivity (Wildman–Crippen MR) is 136 cm³/mol. The Hall–Kier alpha value is -2.80. The third-order valence-corrected chi connectivity index (χ3v) is 7.73. The van der Waals surface area contributed by atoms with Gasteiger partial charge >= 0.3 is 0 Å². The lowest BCUT2D eigenvalue weighted by Gasteiger charge is -2.37. The lowest BCUT2D eigenvalue weighted by Crippen LogP contribution is -2.44. The Bertz CT molecular complexity index is 1180. The Morgan fingerprint density at radius 2 is 1.86 bits per heavy atom. The first kappa shape index (κ1) is 23.9. The molecular weight excluding hydrogens is 460 g/mol. The first-order valence-corrected chi connectivity index (χ1v) is 12.6. The minimum absolute atomic E-state index is 0.148. The summed E-state index contributed by atoms with van der Waals surface area (Å²) in [6, 6.07) is 19.0. The molecule has 35 heavy (non-hydrogen) atoms. The summed E-state index contributed by atoms with van der Waals surface area (Å²) in [4.78, 5) is 27.0. The monoisotopic (exact) mass is 490 g/mol. The number of nitrogens with zero attached hydrogens (tertiary/aromatic N) is 4. The van der Waals surface area contributed by atoms with Crippen LogP contribution in [0, 0.1) is 12.3 Å². The third-order valence-electron chi connectivity index (χ3n) is 7.49. The van der Waals surface area contributed by atoms with E-state index < -0.39 is 11.5 Å². The molecule has 0 bridgehead atoms. The van der Waals surface area contributed by atoms with Crippen molar-refractivity contribution in [3.8, 4) is 0 Å². The number of aliphatic hydroxyl groups is 1. The Morgan fingerprint density at radius 3 is 2.57 bits per heavy atom. The summed E-state index contributed by atoms with van der Waals surface area (Å²) < 4.78 is 0. The summed E-state index contributed by atoms with van der Waals surface area (Å²) in [6.45, 7) is 4.76. The fourth-order valence-corrected chi connectivity index (χ4v) is 5.82. The number of amides is 1. The Morgan fingerprint density at radius 1 is 1.09 bits per heavy atom. The SMILES string of the molecule is Cc1nccc(CN2CCC3(CC2)C[C@@H]([C@H](O)c2ccccc2)N(Cc2cccc(Cl)c2)C3=O)n1. The topological polar surface area (TPSA) is 69.6 Å². The van der Waals surface area contributed by atoms with E-state index in [1.165, 1.54) is 0 Å². The lowest BCUT2D eigenvalue weighted by molar-refractivity contribution is -0.140. The minimum Gasteiger partial charge on any atom is -0.386 e. The van der Waals surface area contributed by atoms with Crippen LogP contribution in [0.2, 0.25) is 5.02 Å². The zero-order valence-electron chi connectivity index (χ0n) is 20.0. The van der Waals surface area contributed by atoms with E-state index in [1.807, 2.05) is 72.5 Å². The molecular formula is C28H31ClN4O2. The number of aryl methyl sites for hydroxylation is 1. The van der Waals surface area contributed by atoms with E-state index >= 15 is 0 Å². The molecule has 0 saturated carbocycles. The molecule has 7 heteroatoms. The van der Waals surface area contributed by atoms with E-state index in [1.54, 1.807) is 6.20 Å². The number of halogens is 1. The number of benzene rings is 2. The average Bonchev–Trinajstić information content (AvgIpc) is 3.12. The number of piperidine rings is 1. The molecule has 3 heterocycles. The zero-order valence-corrected chi connectivity index (χ0v) is 20.7. The number of aliphatic hydroxyl groups excluding tert-OH is 1. The van der Waals surface area contributed by atoms with Crippen LogP contribution in [0.5, 0.6) is 0 Å². The van der Waals surface area contributed by atoms with Gasteiger partial charge in [-0.1, -0.05) is 54.1 Å². The highest BCUT2D eigenvalue weighted by Crippen LogP contribution is 2.48. The maximum atomic E-state index is 14.0. The molecule has 182 valence electrons. The van der Waals surface area contributed by atoms with E-state index in [2.05, 4.69) is 14.9 Å². The van der Waals surface area contributed by atoms with Crippen LogP contribution in [-0.4, -0.2) is 49.9 Å². The summed E-state index contributed by atoms with van der Waals surface area (Å²) in [5.41, 5.74) is 2.38. The van der Waals surface area contributed by atoms with Gasteiger partial charge < -0.3 is 10.0 Å². The van der Waals surface area contributed by atoms with Crippen LogP contribution in [0.15, 0.2) is 66.9 Å². The average molecular weight is 491 g/mol. The molecule has 0 unspecified atom stereocenters. The third kappa shape index (κ3) is 5.10. The first-order chi connectivity index (χ1) is 16.9. The Kier molecular flexibility index (Phi) is 6.87. The molecule has 1 N–H and O–H groups in total. The molecule has 6 nitrogen and oxygen atoms in total. The first-order valence-electron chi connectivity index (χ1n) is 12.2. The number of carbonyl (C=O) groups is 1. The van der Waals surface area contributed by atoms with Crippen LogP contribution >= 0.6 is 11.6 Å². The summed E-state index contributed by atoms with van der Waals surface area (Å²) in [5, 5.41) is 12.0. The van der Waals surface area contributed by atoms with Gasteiger partial charge in [-0.15, -0.1) is 0 Å². The van der Waals surface area contributed by atoms with Gasteiger partial charge in [-0.25, -0.2) is 9.97 Å². The summed E-state index contributed by atoms with van der Waals surface area (Å²) in [7, 11) is 0. The van der Waals surface area contributed by atoms with E-state index in [9.17, 15) is 9.90 Å². The molecule has 2 aliphatic rings. The summed E-state index contributed by atoms with van der Waals surface area (Å²) >= 11 is 6.23. The lowest BCUT2D eigenvalue weighted by atomic mass is 9.75. The molecule has 2 aromatic carbocycles. The van der Waals surface area contributed by atoms with Crippen LogP contribution in [0.4, 0.5) is 0 Å². The van der Waals surface area contributed by atoms with Gasteiger partial charge in [0, 0.05) is 24.3 Å². The van der Waals surface area contributed by atoms with Gasteiger partial charge in [0.05, 0.1) is 23.3 Å². The molecule has 1 amide bonds. The molecule has 2 aliphatic heterocycles. The van der Waals surface area contributed by atoms with Crippen LogP contribution in [0.25, 0.3) is 0 Å². The van der Waals surface area contributed by atoms with Crippen LogP contribution < -0.4 is 0 Å². The number of hydrogen-bond donors (Lipinski definition) is 1. The highest BCUT2D eigenvalue weighted by molar-refractivity contribution is 6.30. The van der Waals surface area contributed by atoms with Gasteiger partial charge in [-0.3, -0.25) is 9.69 Å². The predicted octanol–water partition coefficient (Wildman–Crippen LogP) is 4.56. The van der Waals surface area contributed by atoms with Crippen LogP contribution in [0.3, 0.4) is 0 Å². The number of hydrogen-bond acceptors (Lipinski definition) is 5. The highest BCUT2D eigenvalue weighted by Gasteiger charge is 2.54. The van der Waals surface area contributed by atoms with Crippen molar-refractivity contribution in [2.24, 2.45) is 5.41 Å². The van der Waals surface area contributed by atoms with E-state index in [4.69, 9.17) is 11.6 Å². The number of rotatable bonds is 6. The molecule has 2 saturated heterocycles. The maximum Gasteiger partial charge on any atom is 0.229 e. The van der Waals surface area contributed by atoms with E-state index in [-0.39, 0.29) is 11.9 Å². The minimum atomic E-state index is -0.735. The van der Waals surface area contributed by atoms with Crippen molar-refractivity contribution in [3.05, 3.63) is 94.5 Å². The summed E-state index contributed by atoms with van der Waals surface area (Å²) in [5.74, 6) is 0.923. The second-order valence-electron chi connectivity index (χ2n) is 9.84. The van der Waals surface area contributed by atoms with Gasteiger partial charge in [0.25, 0.3) is 0 Å². The molecule has 2 fully saturated rings. The number of likely N-dealkylation sites (tertiary alicyclic amines) is 2. The molecule has 0 aliphatic carbocycles. The van der Waals surface area contributed by atoms with Crippen molar-refractivity contribution in [1.29, 1.82) is 0 Å². The van der Waals surface area contributed by atoms with E-state index in [0.717, 1.165) is 55.1 Å². The molecule has 3 aromatic rings. The normalized spacial score (nSPS) is 20.9. The largest absolute Gasteiger partial charge is 0.386 e.